The maximum Gasteiger partial charge on any atom is 0.300 e. The molecule has 2 N–H and O–H groups in total. The molecule has 15 nitrogen and oxygen atoms in total. The van der Waals surface area contributed by atoms with Crippen LogP contribution in [0, 0.1) is 0 Å². The van der Waals surface area contributed by atoms with Crippen LogP contribution >= 0.6 is 12.3 Å². The Morgan fingerprint density at radius 3 is 2.31 bits per heavy atom. The first kappa shape index (κ1) is 30.5. The normalized spacial score (nSPS) is 12.4. The molecule has 39 heavy (non-hydrogen) atoms. The lowest BCUT2D eigenvalue weighted by atomic mass is 10.1. The van der Waals surface area contributed by atoms with Gasteiger partial charge in [0.15, 0.2) is 18.1 Å². The Hall–Kier alpha value is -3.07. The van der Waals surface area contributed by atoms with E-state index in [0.29, 0.717) is 12.3 Å². The molecule has 0 fully saturated rings. The fourth-order valence-corrected chi connectivity index (χ4v) is 4.76. The minimum Gasteiger partial charge on any atom is -0.506 e. The van der Waals surface area contributed by atoms with Crippen LogP contribution in [-0.2, 0) is 47.0 Å². The summed E-state index contributed by atoms with van der Waals surface area (Å²) in [6, 6.07) is 8.69. The summed E-state index contributed by atoms with van der Waals surface area (Å²) in [4.78, 5) is 3.25. The summed E-state index contributed by atoms with van der Waals surface area (Å²) >= 11 is 0.518. The number of ether oxygens (including phenoxy) is 1. The zero-order valence-electron chi connectivity index (χ0n) is 20.5. The second kappa shape index (κ2) is 13.3. The fraction of sp³-hybridized carbons (Fsp3) is 0.238. The number of aromatic hydroxyl groups is 2. The van der Waals surface area contributed by atoms with Crippen LogP contribution in [0.25, 0.3) is 10.8 Å². The van der Waals surface area contributed by atoms with Crippen LogP contribution < -0.4 is 4.74 Å². The summed E-state index contributed by atoms with van der Waals surface area (Å²) in [5.41, 5.74) is -0.426. The number of phenols is 2. The molecule has 0 amide bonds. The van der Waals surface area contributed by atoms with Crippen molar-refractivity contribution in [3.8, 4) is 17.2 Å². The largest absolute Gasteiger partial charge is 0.506 e. The van der Waals surface area contributed by atoms with Gasteiger partial charge in [-0.3, -0.25) is 12.5 Å². The Labute approximate surface area is 227 Å². The first-order valence-corrected chi connectivity index (χ1v) is 14.0. The van der Waals surface area contributed by atoms with Gasteiger partial charge in [-0.25, -0.2) is 4.89 Å². The molecule has 3 aromatic carbocycles. The molecular formula is C21H22N2O13S3. The Bertz CT molecular complexity index is 1560. The third-order valence-corrected chi connectivity index (χ3v) is 7.76. The molecule has 18 heteroatoms. The van der Waals surface area contributed by atoms with Gasteiger partial charge >= 0.3 is 10.1 Å². The zero-order valence-corrected chi connectivity index (χ0v) is 22.9. The van der Waals surface area contributed by atoms with Gasteiger partial charge < -0.3 is 14.9 Å². The molecule has 0 aliphatic carbocycles. The van der Waals surface area contributed by atoms with Crippen LogP contribution in [0.1, 0.15) is 0 Å². The highest BCUT2D eigenvalue weighted by Gasteiger charge is 2.25. The molecule has 3 rings (SSSR count). The van der Waals surface area contributed by atoms with Crippen molar-refractivity contribution >= 4 is 54.7 Å². The number of benzene rings is 3. The first-order valence-electron chi connectivity index (χ1n) is 10.5. The summed E-state index contributed by atoms with van der Waals surface area (Å²) in [5.74, 6) is -0.846. The van der Waals surface area contributed by atoms with E-state index in [0.717, 1.165) is 26.4 Å². The maximum absolute atomic E-state index is 12.4. The van der Waals surface area contributed by atoms with E-state index < -0.39 is 30.9 Å². The second-order valence-corrected chi connectivity index (χ2v) is 11.0. The van der Waals surface area contributed by atoms with Crippen LogP contribution in [0.5, 0.6) is 17.2 Å². The van der Waals surface area contributed by atoms with Crippen LogP contribution in [-0.4, -0.2) is 61.6 Å². The van der Waals surface area contributed by atoms with Crippen LogP contribution in [0.2, 0.25) is 0 Å². The highest BCUT2D eigenvalue weighted by molar-refractivity contribution is 7.89. The van der Waals surface area contributed by atoms with Crippen molar-refractivity contribution in [2.75, 3.05) is 34.5 Å². The number of fused-ring (bicyclic) bond motifs is 1. The van der Waals surface area contributed by atoms with Crippen molar-refractivity contribution in [3.05, 3.63) is 42.5 Å². The predicted molar refractivity (Wildman–Crippen MR) is 135 cm³/mol. The maximum atomic E-state index is 12.4. The van der Waals surface area contributed by atoms with Gasteiger partial charge in [-0.2, -0.15) is 16.8 Å². The van der Waals surface area contributed by atoms with Crippen molar-refractivity contribution in [3.63, 3.8) is 0 Å². The summed E-state index contributed by atoms with van der Waals surface area (Å²) in [6.45, 7) is 0.149. The van der Waals surface area contributed by atoms with Gasteiger partial charge in [-0.15, -0.1) is 14.6 Å². The minimum atomic E-state index is -4.45. The standard InChI is InChI=1S/C21H22N2O13S3/c1-30-35-36-37-34-9-8-33-14-4-7-18(24)17(12-14)22-23-20-16-6-5-15(38(26,27)31-2)10-13(16)11-19(21(20)25)39(28,29)32-3/h4-7,10-12,24-25H,8-9H2,1-3H3. The van der Waals surface area contributed by atoms with Gasteiger partial charge in [0.2, 0.25) is 0 Å². The molecule has 0 aromatic heterocycles. The molecule has 212 valence electrons. The predicted octanol–water partition coefficient (Wildman–Crippen LogP) is 3.80. The first-order chi connectivity index (χ1) is 18.5. The lowest BCUT2D eigenvalue weighted by molar-refractivity contribution is -0.449. The molecule has 0 unspecified atom stereocenters. The topological polar surface area (TPSA) is 198 Å². The smallest absolute Gasteiger partial charge is 0.300 e. The molecule has 0 aliphatic rings. The van der Waals surface area contributed by atoms with E-state index in [9.17, 15) is 27.0 Å². The van der Waals surface area contributed by atoms with Crippen LogP contribution in [0.15, 0.2) is 62.5 Å². The van der Waals surface area contributed by atoms with Crippen molar-refractivity contribution in [1.29, 1.82) is 0 Å². The minimum absolute atomic E-state index is 0.0644. The monoisotopic (exact) mass is 606 g/mol. The molecule has 0 heterocycles. The van der Waals surface area contributed by atoms with Gasteiger partial charge in [0.1, 0.15) is 34.4 Å². The molecule has 0 radical (unpaired) electrons. The molecular weight excluding hydrogens is 584 g/mol. The number of nitrogens with zero attached hydrogens (tertiary/aromatic N) is 2. The SMILES string of the molecule is COOOSOCCOc1ccc(O)c(N=Nc2c(O)c(S(=O)(=O)OC)cc3cc(S(=O)(=O)OC)ccc23)c1. The molecule has 0 spiro atoms. The van der Waals surface area contributed by atoms with E-state index in [1.54, 1.807) is 0 Å². The molecule has 0 aliphatic heterocycles. The van der Waals surface area contributed by atoms with E-state index in [2.05, 4.69) is 32.9 Å². The number of hydrogen-bond acceptors (Lipinski definition) is 16. The van der Waals surface area contributed by atoms with Crippen LogP contribution in [0.3, 0.4) is 0 Å². The number of azo groups is 1. The summed E-state index contributed by atoms with van der Waals surface area (Å²) < 4.78 is 73.1. The third kappa shape index (κ3) is 7.53. The lowest BCUT2D eigenvalue weighted by Gasteiger charge is -2.11. The molecule has 0 bridgehead atoms. The Morgan fingerprint density at radius 1 is 0.872 bits per heavy atom. The van der Waals surface area contributed by atoms with E-state index in [4.69, 9.17) is 8.92 Å². The van der Waals surface area contributed by atoms with Gasteiger partial charge in [-0.05, 0) is 35.7 Å². The van der Waals surface area contributed by atoms with Crippen molar-refractivity contribution in [2.24, 2.45) is 10.2 Å². The van der Waals surface area contributed by atoms with Crippen molar-refractivity contribution in [1.82, 2.24) is 0 Å². The third-order valence-electron chi connectivity index (χ3n) is 4.83. The number of phenolic OH excluding ortho intramolecular Hbond substituents is 2. The van der Waals surface area contributed by atoms with E-state index in [-0.39, 0.29) is 51.8 Å². The van der Waals surface area contributed by atoms with Crippen LogP contribution in [0.4, 0.5) is 11.4 Å². The van der Waals surface area contributed by atoms with E-state index >= 15 is 0 Å². The summed E-state index contributed by atoms with van der Waals surface area (Å²) in [7, 11) is -5.47. The van der Waals surface area contributed by atoms with Gasteiger partial charge in [0.05, 0.1) is 32.8 Å². The zero-order chi connectivity index (χ0) is 28.6. The lowest BCUT2D eigenvalue weighted by Crippen LogP contribution is -2.04. The van der Waals surface area contributed by atoms with E-state index in [1.165, 1.54) is 37.4 Å². The molecule has 0 saturated heterocycles. The average Bonchev–Trinajstić information content (AvgIpc) is 2.92. The van der Waals surface area contributed by atoms with E-state index in [1.807, 2.05) is 0 Å². The summed E-state index contributed by atoms with van der Waals surface area (Å²) in [5, 5.41) is 33.2. The Kier molecular flexibility index (Phi) is 10.4. The molecule has 3 aromatic rings. The second-order valence-electron chi connectivity index (χ2n) is 7.09. The summed E-state index contributed by atoms with van der Waals surface area (Å²) in [6.07, 6.45) is 0. The number of rotatable bonds is 14. The number of hydrogen-bond donors (Lipinski definition) is 2. The van der Waals surface area contributed by atoms with Crippen molar-refractivity contribution < 1.29 is 58.6 Å². The fourth-order valence-electron chi connectivity index (χ4n) is 3.03. The van der Waals surface area contributed by atoms with Gasteiger partial charge in [-0.1, -0.05) is 11.1 Å². The average molecular weight is 607 g/mol. The highest BCUT2D eigenvalue weighted by atomic mass is 32.2. The Balaban J connectivity index is 1.98. The molecule has 0 atom stereocenters. The van der Waals surface area contributed by atoms with Gasteiger partial charge in [0.25, 0.3) is 10.1 Å². The van der Waals surface area contributed by atoms with Gasteiger partial charge in [0, 0.05) is 11.5 Å². The quantitative estimate of drug-likeness (QED) is 0.0670. The Morgan fingerprint density at radius 2 is 1.62 bits per heavy atom. The van der Waals surface area contributed by atoms with Crippen molar-refractivity contribution in [2.45, 2.75) is 9.79 Å². The molecule has 0 saturated carbocycles. The highest BCUT2D eigenvalue weighted by Crippen LogP contribution is 2.43.